The average Bonchev–Trinajstić information content (AvgIpc) is 3.02. The van der Waals surface area contributed by atoms with Crippen LogP contribution in [0.2, 0.25) is 0 Å². The number of carbonyl (C=O) groups excluding carboxylic acids is 2. The molecule has 0 saturated heterocycles. The van der Waals surface area contributed by atoms with Gasteiger partial charge in [-0.2, -0.15) is 0 Å². The number of hydrogen-bond acceptors (Lipinski definition) is 5. The van der Waals surface area contributed by atoms with E-state index in [1.54, 1.807) is 56.4 Å². The SMILES string of the molecule is CNC(=O)c1ccc(N=C(C)c2c(O)[nH]c3ccc(C(=O)OC)cc23)cc1. The highest BCUT2D eigenvalue weighted by molar-refractivity contribution is 6.13. The molecule has 3 N–H and O–H groups in total. The van der Waals surface area contributed by atoms with Crippen LogP contribution in [0, 0.1) is 0 Å². The second-order valence-electron chi connectivity index (χ2n) is 5.92. The minimum absolute atomic E-state index is 0.0322. The van der Waals surface area contributed by atoms with Crippen molar-refractivity contribution in [3.05, 3.63) is 59.2 Å². The number of fused-ring (bicyclic) bond motifs is 1. The van der Waals surface area contributed by atoms with Crippen LogP contribution < -0.4 is 5.32 Å². The van der Waals surface area contributed by atoms with Crippen LogP contribution in [0.4, 0.5) is 5.69 Å². The molecule has 0 fully saturated rings. The number of hydrogen-bond donors (Lipinski definition) is 3. The Bertz CT molecular complexity index is 1050. The topological polar surface area (TPSA) is 104 Å². The van der Waals surface area contributed by atoms with Gasteiger partial charge in [0.05, 0.1) is 29.6 Å². The zero-order valence-corrected chi connectivity index (χ0v) is 15.2. The molecule has 3 rings (SSSR count). The van der Waals surface area contributed by atoms with E-state index in [4.69, 9.17) is 4.74 Å². The summed E-state index contributed by atoms with van der Waals surface area (Å²) in [6.45, 7) is 1.76. The summed E-state index contributed by atoms with van der Waals surface area (Å²) in [5.41, 5.74) is 3.30. The van der Waals surface area contributed by atoms with Crippen molar-refractivity contribution in [1.82, 2.24) is 10.3 Å². The van der Waals surface area contributed by atoms with Gasteiger partial charge in [0.2, 0.25) is 0 Å². The van der Waals surface area contributed by atoms with Crippen LogP contribution in [0.25, 0.3) is 10.9 Å². The number of carbonyl (C=O) groups is 2. The molecular weight excluding hydrogens is 346 g/mol. The Hall–Kier alpha value is -3.61. The molecule has 0 aliphatic heterocycles. The Morgan fingerprint density at radius 1 is 1.11 bits per heavy atom. The fourth-order valence-corrected chi connectivity index (χ4v) is 2.87. The Kier molecular flexibility index (Phi) is 4.94. The Morgan fingerprint density at radius 2 is 1.78 bits per heavy atom. The number of benzene rings is 2. The summed E-state index contributed by atoms with van der Waals surface area (Å²) in [4.78, 5) is 30.8. The van der Waals surface area contributed by atoms with Gasteiger partial charge in [0.1, 0.15) is 0 Å². The molecule has 2 aromatic carbocycles. The van der Waals surface area contributed by atoms with E-state index in [0.29, 0.717) is 39.0 Å². The number of methoxy groups -OCH3 is 1. The molecule has 138 valence electrons. The lowest BCUT2D eigenvalue weighted by Gasteiger charge is -2.04. The van der Waals surface area contributed by atoms with E-state index < -0.39 is 5.97 Å². The fourth-order valence-electron chi connectivity index (χ4n) is 2.87. The summed E-state index contributed by atoms with van der Waals surface area (Å²) in [5.74, 6) is -0.662. The van der Waals surface area contributed by atoms with Crippen molar-refractivity contribution in [2.75, 3.05) is 14.2 Å². The summed E-state index contributed by atoms with van der Waals surface area (Å²) in [5, 5.41) is 13.5. The third kappa shape index (κ3) is 3.52. The molecule has 27 heavy (non-hydrogen) atoms. The number of esters is 1. The molecule has 1 aromatic heterocycles. The molecule has 0 spiro atoms. The van der Waals surface area contributed by atoms with Crippen LogP contribution in [0.15, 0.2) is 47.5 Å². The number of aliphatic imine (C=N–C) groups is 1. The lowest BCUT2D eigenvalue weighted by atomic mass is 10.1. The Morgan fingerprint density at radius 3 is 2.41 bits per heavy atom. The first-order chi connectivity index (χ1) is 12.9. The van der Waals surface area contributed by atoms with E-state index in [2.05, 4.69) is 15.3 Å². The number of aromatic hydroxyl groups is 1. The predicted molar refractivity (Wildman–Crippen MR) is 103 cm³/mol. The lowest BCUT2D eigenvalue weighted by molar-refractivity contribution is 0.0600. The number of H-pyrrole nitrogens is 1. The zero-order valence-electron chi connectivity index (χ0n) is 15.2. The molecular formula is C20H19N3O4. The van der Waals surface area contributed by atoms with Gasteiger partial charge < -0.3 is 20.1 Å². The first-order valence-electron chi connectivity index (χ1n) is 8.25. The highest BCUT2D eigenvalue weighted by atomic mass is 16.5. The van der Waals surface area contributed by atoms with Gasteiger partial charge >= 0.3 is 5.97 Å². The summed E-state index contributed by atoms with van der Waals surface area (Å²) < 4.78 is 4.75. The first kappa shape index (κ1) is 18.2. The van der Waals surface area contributed by atoms with Gasteiger partial charge in [-0.05, 0) is 49.4 Å². The number of aromatic nitrogens is 1. The molecule has 0 saturated carbocycles. The minimum Gasteiger partial charge on any atom is -0.494 e. The number of nitrogens with zero attached hydrogens (tertiary/aromatic N) is 1. The quantitative estimate of drug-likeness (QED) is 0.488. The second-order valence-corrected chi connectivity index (χ2v) is 5.92. The number of amides is 1. The van der Waals surface area contributed by atoms with Gasteiger partial charge in [-0.3, -0.25) is 9.79 Å². The van der Waals surface area contributed by atoms with Crippen molar-refractivity contribution in [3.63, 3.8) is 0 Å². The van der Waals surface area contributed by atoms with E-state index in [1.165, 1.54) is 7.11 Å². The predicted octanol–water partition coefficient (Wildman–Crippen LogP) is 3.16. The highest BCUT2D eigenvalue weighted by Gasteiger charge is 2.16. The number of nitrogens with one attached hydrogen (secondary N) is 2. The van der Waals surface area contributed by atoms with Crippen LogP contribution in [-0.2, 0) is 4.74 Å². The average molecular weight is 365 g/mol. The van der Waals surface area contributed by atoms with E-state index in [0.717, 1.165) is 0 Å². The number of ether oxygens (including phenoxy) is 1. The molecule has 0 aliphatic rings. The van der Waals surface area contributed by atoms with Crippen molar-refractivity contribution in [3.8, 4) is 5.88 Å². The molecule has 7 heteroatoms. The van der Waals surface area contributed by atoms with Crippen molar-refractivity contribution >= 4 is 34.2 Å². The van der Waals surface area contributed by atoms with Crippen LogP contribution in [0.1, 0.15) is 33.2 Å². The number of rotatable bonds is 4. The van der Waals surface area contributed by atoms with Crippen LogP contribution in [0.3, 0.4) is 0 Å². The fraction of sp³-hybridized carbons (Fsp3) is 0.150. The largest absolute Gasteiger partial charge is 0.494 e. The second kappa shape index (κ2) is 7.33. The molecule has 7 nitrogen and oxygen atoms in total. The molecule has 0 radical (unpaired) electrons. The van der Waals surface area contributed by atoms with Crippen molar-refractivity contribution in [2.24, 2.45) is 4.99 Å². The first-order valence-corrected chi connectivity index (χ1v) is 8.25. The number of aromatic amines is 1. The summed E-state index contributed by atoms with van der Waals surface area (Å²) in [6, 6.07) is 11.8. The van der Waals surface area contributed by atoms with Crippen LogP contribution in [0.5, 0.6) is 5.88 Å². The van der Waals surface area contributed by atoms with Gasteiger partial charge in [0.25, 0.3) is 5.91 Å². The standard InChI is InChI=1S/C20H19N3O4/c1-11(22-14-7-4-12(5-8-14)18(24)21-2)17-15-10-13(20(26)27-3)6-9-16(15)23-19(17)25/h4-10,23,25H,1-3H3,(H,21,24). The van der Waals surface area contributed by atoms with Gasteiger partial charge in [-0.25, -0.2) is 4.79 Å². The molecule has 0 unspecified atom stereocenters. The molecule has 0 aliphatic carbocycles. The Labute approximate surface area is 155 Å². The molecule has 1 amide bonds. The van der Waals surface area contributed by atoms with Gasteiger partial charge in [0.15, 0.2) is 5.88 Å². The maximum atomic E-state index is 11.8. The van der Waals surface area contributed by atoms with Gasteiger partial charge in [-0.1, -0.05) is 0 Å². The van der Waals surface area contributed by atoms with Gasteiger partial charge in [0, 0.05) is 23.5 Å². The summed E-state index contributed by atoms with van der Waals surface area (Å²) in [7, 11) is 2.89. The highest BCUT2D eigenvalue weighted by Crippen LogP contribution is 2.30. The third-order valence-electron chi connectivity index (χ3n) is 4.22. The van der Waals surface area contributed by atoms with Crippen molar-refractivity contribution in [2.45, 2.75) is 6.92 Å². The monoisotopic (exact) mass is 365 g/mol. The van der Waals surface area contributed by atoms with E-state index in [1.807, 2.05) is 0 Å². The van der Waals surface area contributed by atoms with Gasteiger partial charge in [-0.15, -0.1) is 0 Å². The summed E-state index contributed by atoms with van der Waals surface area (Å²) in [6.07, 6.45) is 0. The van der Waals surface area contributed by atoms with E-state index in [9.17, 15) is 14.7 Å². The zero-order chi connectivity index (χ0) is 19.6. The van der Waals surface area contributed by atoms with Crippen molar-refractivity contribution < 1.29 is 19.4 Å². The summed E-state index contributed by atoms with van der Waals surface area (Å²) >= 11 is 0. The van der Waals surface area contributed by atoms with Crippen LogP contribution in [-0.4, -0.2) is 41.8 Å². The van der Waals surface area contributed by atoms with E-state index >= 15 is 0 Å². The van der Waals surface area contributed by atoms with Crippen molar-refractivity contribution in [1.29, 1.82) is 0 Å². The molecule has 0 bridgehead atoms. The maximum absolute atomic E-state index is 11.8. The Balaban J connectivity index is 2.02. The van der Waals surface area contributed by atoms with E-state index in [-0.39, 0.29) is 11.8 Å². The van der Waals surface area contributed by atoms with Crippen LogP contribution >= 0.6 is 0 Å². The lowest BCUT2D eigenvalue weighted by Crippen LogP contribution is -2.17. The molecule has 1 heterocycles. The molecule has 0 atom stereocenters. The molecule has 3 aromatic rings. The normalized spacial score (nSPS) is 11.4. The minimum atomic E-state index is -0.456. The third-order valence-corrected chi connectivity index (χ3v) is 4.22. The maximum Gasteiger partial charge on any atom is 0.337 e. The smallest absolute Gasteiger partial charge is 0.337 e.